The fourth-order valence-electron chi connectivity index (χ4n) is 4.83. The minimum Gasteiger partial charge on any atom is -0.388 e. The molecule has 6 rings (SSSR count). The summed E-state index contributed by atoms with van der Waals surface area (Å²) < 4.78 is 8.04. The average Bonchev–Trinajstić information content (AvgIpc) is 3.11. The third-order valence-corrected chi connectivity index (χ3v) is 6.24. The molecule has 4 N–H and O–H groups in total. The monoisotopic (exact) mass is 366 g/mol. The highest BCUT2D eigenvalue weighted by molar-refractivity contribution is 6.02. The molecule has 2 fully saturated rings. The minimum absolute atomic E-state index is 0.319. The molecule has 3 aromatic rings. The SMILES string of the molecule is Nc1ncnc2c1c1c(n2C2CCNC2)CCC(O)c2c-1noc2C1CC1. The van der Waals surface area contributed by atoms with Gasteiger partial charge in [0.15, 0.2) is 0 Å². The van der Waals surface area contributed by atoms with Crippen LogP contribution in [0.3, 0.4) is 0 Å². The van der Waals surface area contributed by atoms with Crippen LogP contribution in [-0.2, 0) is 6.42 Å². The molecule has 2 atom stereocenters. The van der Waals surface area contributed by atoms with E-state index in [2.05, 4.69) is 25.0 Å². The number of hydrogen-bond acceptors (Lipinski definition) is 7. The lowest BCUT2D eigenvalue weighted by Crippen LogP contribution is -2.16. The van der Waals surface area contributed by atoms with E-state index in [1.165, 1.54) is 6.33 Å². The van der Waals surface area contributed by atoms with E-state index in [9.17, 15) is 5.11 Å². The predicted molar refractivity (Wildman–Crippen MR) is 99.2 cm³/mol. The zero-order valence-corrected chi connectivity index (χ0v) is 15.0. The lowest BCUT2D eigenvalue weighted by Gasteiger charge is -2.17. The molecule has 3 aliphatic rings. The molecule has 1 saturated heterocycles. The van der Waals surface area contributed by atoms with Gasteiger partial charge >= 0.3 is 0 Å². The maximum Gasteiger partial charge on any atom is 0.146 e. The van der Waals surface area contributed by atoms with E-state index in [1.807, 2.05) is 0 Å². The van der Waals surface area contributed by atoms with E-state index in [4.69, 9.17) is 10.3 Å². The number of hydrogen-bond donors (Lipinski definition) is 3. The number of rotatable bonds is 2. The lowest BCUT2D eigenvalue weighted by atomic mass is 10.0. The normalized spacial score (nSPS) is 24.8. The van der Waals surface area contributed by atoms with Crippen molar-refractivity contribution in [1.29, 1.82) is 0 Å². The first-order valence-corrected chi connectivity index (χ1v) is 9.76. The molecule has 0 spiro atoms. The van der Waals surface area contributed by atoms with Gasteiger partial charge in [-0.15, -0.1) is 0 Å². The van der Waals surface area contributed by atoms with E-state index >= 15 is 0 Å². The second kappa shape index (κ2) is 5.53. The Morgan fingerprint density at radius 2 is 2.11 bits per heavy atom. The molecule has 0 bridgehead atoms. The molecule has 8 nitrogen and oxygen atoms in total. The van der Waals surface area contributed by atoms with Crippen molar-refractivity contribution in [1.82, 2.24) is 25.0 Å². The molecule has 2 unspecified atom stereocenters. The van der Waals surface area contributed by atoms with Gasteiger partial charge in [-0.3, -0.25) is 0 Å². The highest BCUT2D eigenvalue weighted by atomic mass is 16.5. The van der Waals surface area contributed by atoms with E-state index in [-0.39, 0.29) is 0 Å². The van der Waals surface area contributed by atoms with Crippen molar-refractivity contribution in [3.05, 3.63) is 23.3 Å². The number of fused-ring (bicyclic) bond motifs is 5. The summed E-state index contributed by atoms with van der Waals surface area (Å²) >= 11 is 0. The first-order valence-electron chi connectivity index (χ1n) is 9.76. The molecule has 0 radical (unpaired) electrons. The summed E-state index contributed by atoms with van der Waals surface area (Å²) in [7, 11) is 0. The van der Waals surface area contributed by atoms with E-state index < -0.39 is 6.10 Å². The topological polar surface area (TPSA) is 115 Å². The Labute approximate surface area is 155 Å². The second-order valence-corrected chi connectivity index (χ2v) is 7.93. The van der Waals surface area contributed by atoms with Crippen LogP contribution in [0.2, 0.25) is 0 Å². The number of nitrogen functional groups attached to an aromatic ring is 1. The van der Waals surface area contributed by atoms with Gasteiger partial charge in [-0.25, -0.2) is 9.97 Å². The van der Waals surface area contributed by atoms with Crippen molar-refractivity contribution >= 4 is 16.9 Å². The van der Waals surface area contributed by atoms with Gasteiger partial charge in [0.25, 0.3) is 0 Å². The maximum absolute atomic E-state index is 10.9. The summed E-state index contributed by atoms with van der Waals surface area (Å²) in [4.78, 5) is 8.84. The number of aliphatic hydroxyl groups is 1. The largest absolute Gasteiger partial charge is 0.388 e. The van der Waals surface area contributed by atoms with Gasteiger partial charge in [0.1, 0.15) is 29.2 Å². The number of aromatic nitrogens is 4. The molecule has 2 aliphatic carbocycles. The van der Waals surface area contributed by atoms with Gasteiger partial charge in [-0.2, -0.15) is 0 Å². The molecule has 0 amide bonds. The van der Waals surface area contributed by atoms with Crippen molar-refractivity contribution in [2.24, 2.45) is 0 Å². The molecular weight excluding hydrogens is 344 g/mol. The van der Waals surface area contributed by atoms with E-state index in [0.29, 0.717) is 24.2 Å². The fourth-order valence-corrected chi connectivity index (χ4v) is 4.83. The van der Waals surface area contributed by atoms with Crippen LogP contribution in [0.5, 0.6) is 0 Å². The third kappa shape index (κ3) is 2.14. The number of nitrogens with zero attached hydrogens (tertiary/aromatic N) is 4. The van der Waals surface area contributed by atoms with Gasteiger partial charge in [-0.1, -0.05) is 5.16 Å². The Balaban J connectivity index is 1.69. The Hall–Kier alpha value is -2.45. The quantitative estimate of drug-likeness (QED) is 0.636. The summed E-state index contributed by atoms with van der Waals surface area (Å²) in [5, 5.41) is 19.6. The van der Waals surface area contributed by atoms with Crippen molar-refractivity contribution in [2.45, 2.75) is 50.2 Å². The number of nitrogens with two attached hydrogens (primary N) is 1. The average molecular weight is 366 g/mol. The van der Waals surface area contributed by atoms with Gasteiger partial charge in [0.05, 0.1) is 17.1 Å². The zero-order chi connectivity index (χ0) is 18.1. The van der Waals surface area contributed by atoms with Crippen molar-refractivity contribution < 1.29 is 9.63 Å². The van der Waals surface area contributed by atoms with Crippen LogP contribution in [0, 0.1) is 0 Å². The Morgan fingerprint density at radius 3 is 2.89 bits per heavy atom. The zero-order valence-electron chi connectivity index (χ0n) is 15.0. The van der Waals surface area contributed by atoms with E-state index in [1.54, 1.807) is 0 Å². The van der Waals surface area contributed by atoms with Gasteiger partial charge in [-0.05, 0) is 38.6 Å². The van der Waals surface area contributed by atoms with Gasteiger partial charge in [0.2, 0.25) is 0 Å². The van der Waals surface area contributed by atoms with Crippen LogP contribution in [0.1, 0.15) is 60.8 Å². The minimum atomic E-state index is -0.565. The predicted octanol–water partition coefficient (Wildman–Crippen LogP) is 2.06. The lowest BCUT2D eigenvalue weighted by molar-refractivity contribution is 0.165. The van der Waals surface area contributed by atoms with Crippen molar-refractivity contribution in [2.75, 3.05) is 18.8 Å². The molecular formula is C19H22N6O2. The van der Waals surface area contributed by atoms with Crippen molar-refractivity contribution in [3.8, 4) is 11.3 Å². The first kappa shape index (κ1) is 15.6. The molecule has 4 heterocycles. The number of aliphatic hydroxyl groups excluding tert-OH is 1. The van der Waals surface area contributed by atoms with Crippen LogP contribution < -0.4 is 11.1 Å². The van der Waals surface area contributed by atoms with Crippen LogP contribution in [0.15, 0.2) is 10.9 Å². The summed E-state index contributed by atoms with van der Waals surface area (Å²) in [5.41, 5.74) is 10.8. The van der Waals surface area contributed by atoms with Crippen LogP contribution in [0.4, 0.5) is 5.82 Å². The summed E-state index contributed by atoms with van der Waals surface area (Å²) in [6, 6.07) is 0.319. The molecule has 1 aliphatic heterocycles. The first-order chi connectivity index (χ1) is 13.2. The summed E-state index contributed by atoms with van der Waals surface area (Å²) in [5.74, 6) is 1.70. The third-order valence-electron chi connectivity index (χ3n) is 6.24. The Bertz CT molecular complexity index is 1040. The molecule has 27 heavy (non-hydrogen) atoms. The fraction of sp³-hybridized carbons (Fsp3) is 0.526. The molecule has 140 valence electrons. The second-order valence-electron chi connectivity index (χ2n) is 7.93. The highest BCUT2D eigenvalue weighted by Crippen LogP contribution is 2.50. The Kier molecular flexibility index (Phi) is 3.19. The van der Waals surface area contributed by atoms with Crippen LogP contribution in [0.25, 0.3) is 22.3 Å². The molecule has 8 heteroatoms. The molecule has 1 saturated carbocycles. The highest BCUT2D eigenvalue weighted by Gasteiger charge is 2.39. The summed E-state index contributed by atoms with van der Waals surface area (Å²) in [6.07, 6.45) is 5.61. The number of anilines is 1. The summed E-state index contributed by atoms with van der Waals surface area (Å²) in [6.45, 7) is 1.89. The van der Waals surface area contributed by atoms with E-state index in [0.717, 1.165) is 78.1 Å². The smallest absolute Gasteiger partial charge is 0.146 e. The van der Waals surface area contributed by atoms with Gasteiger partial charge < -0.3 is 25.2 Å². The standard InChI is InChI=1S/C19H22N6O2/c20-18-15-13-11(25(10-5-6-21-7-10)19(15)23-8-22-18)3-4-12(26)14-16(13)24-27-17(14)9-1-2-9/h8-10,12,21,26H,1-7H2,(H2,20,22,23). The van der Waals surface area contributed by atoms with Crippen LogP contribution >= 0.6 is 0 Å². The number of nitrogens with one attached hydrogen (secondary N) is 1. The maximum atomic E-state index is 10.9. The Morgan fingerprint density at radius 1 is 1.22 bits per heavy atom. The molecule has 0 aromatic carbocycles. The van der Waals surface area contributed by atoms with Crippen LogP contribution in [-0.4, -0.2) is 37.9 Å². The van der Waals surface area contributed by atoms with Crippen molar-refractivity contribution in [3.63, 3.8) is 0 Å². The molecule has 3 aromatic heterocycles. The van der Waals surface area contributed by atoms with Gasteiger partial charge in [0, 0.05) is 29.8 Å².